The Hall–Kier alpha value is -4.43. The molecule has 0 atom stereocenters. The Balaban J connectivity index is 1.53. The van der Waals surface area contributed by atoms with Crippen molar-refractivity contribution in [1.29, 1.82) is 0 Å². The lowest BCUT2D eigenvalue weighted by Gasteiger charge is -2.15. The maximum Gasteiger partial charge on any atom is 0.340 e. The van der Waals surface area contributed by atoms with Gasteiger partial charge in [-0.2, -0.15) is 0 Å². The fourth-order valence-electron chi connectivity index (χ4n) is 3.60. The molecule has 8 nitrogen and oxygen atoms in total. The number of amides is 3. The molecular formula is C27H22ClN3O5. The largest absolute Gasteiger partial charge is 0.462 e. The van der Waals surface area contributed by atoms with Crippen LogP contribution in [0.5, 0.6) is 0 Å². The highest BCUT2D eigenvalue weighted by Crippen LogP contribution is 2.30. The smallest absolute Gasteiger partial charge is 0.340 e. The van der Waals surface area contributed by atoms with Crippen LogP contribution in [0.3, 0.4) is 0 Å². The highest BCUT2D eigenvalue weighted by atomic mass is 35.5. The number of carbonyl (C=O) groups excluding carboxylic acids is 4. The van der Waals surface area contributed by atoms with Gasteiger partial charge in [0.05, 0.1) is 23.5 Å². The number of halogens is 1. The summed E-state index contributed by atoms with van der Waals surface area (Å²) in [7, 11) is 0. The predicted molar refractivity (Wildman–Crippen MR) is 137 cm³/mol. The van der Waals surface area contributed by atoms with Crippen LogP contribution < -0.4 is 15.5 Å². The van der Waals surface area contributed by atoms with Gasteiger partial charge in [0.1, 0.15) is 10.7 Å². The lowest BCUT2D eigenvalue weighted by molar-refractivity contribution is -0.120. The van der Waals surface area contributed by atoms with Crippen LogP contribution in [0.2, 0.25) is 0 Å². The molecule has 0 bridgehead atoms. The van der Waals surface area contributed by atoms with Crippen molar-refractivity contribution in [3.8, 4) is 0 Å². The molecule has 3 amide bonds. The van der Waals surface area contributed by atoms with Gasteiger partial charge in [0.2, 0.25) is 0 Å². The maximum absolute atomic E-state index is 13.0. The van der Waals surface area contributed by atoms with Crippen LogP contribution in [0.15, 0.2) is 83.5 Å². The number of benzene rings is 3. The Kier molecular flexibility index (Phi) is 7.17. The fourth-order valence-corrected chi connectivity index (χ4v) is 3.81. The molecule has 36 heavy (non-hydrogen) atoms. The number of para-hydroxylation sites is 1. The van der Waals surface area contributed by atoms with Crippen LogP contribution in [-0.2, 0) is 14.3 Å². The number of carbonyl (C=O) groups is 4. The summed E-state index contributed by atoms with van der Waals surface area (Å²) in [5.74, 6) is -2.27. The van der Waals surface area contributed by atoms with Crippen molar-refractivity contribution in [3.05, 3.63) is 100 Å². The summed E-state index contributed by atoms with van der Waals surface area (Å²) in [4.78, 5) is 51.8. The molecular weight excluding hydrogens is 482 g/mol. The average molecular weight is 504 g/mol. The normalized spacial score (nSPS) is 13.1. The SMILES string of the molecule is CCOC(=O)c1ccccc1NC(=O)c1cccc(NC2=C(Cl)C(=O)N(c3ccc(C)cc3)C2=O)c1. The molecule has 182 valence electrons. The second-order valence-corrected chi connectivity index (χ2v) is 8.27. The zero-order chi connectivity index (χ0) is 25.8. The van der Waals surface area contributed by atoms with E-state index in [1.807, 2.05) is 6.92 Å². The monoisotopic (exact) mass is 503 g/mol. The summed E-state index contributed by atoms with van der Waals surface area (Å²) in [5.41, 5.74) is 2.45. The van der Waals surface area contributed by atoms with Crippen LogP contribution in [0.1, 0.15) is 33.2 Å². The number of ether oxygens (including phenoxy) is 1. The molecule has 0 radical (unpaired) electrons. The van der Waals surface area contributed by atoms with Gasteiger partial charge in [0, 0.05) is 11.3 Å². The van der Waals surface area contributed by atoms with E-state index in [0.717, 1.165) is 10.5 Å². The van der Waals surface area contributed by atoms with E-state index in [1.54, 1.807) is 73.7 Å². The molecule has 3 aromatic carbocycles. The third-order valence-corrected chi connectivity index (χ3v) is 5.73. The first kappa shape index (κ1) is 24.7. The number of nitrogens with zero attached hydrogens (tertiary/aromatic N) is 1. The molecule has 0 aromatic heterocycles. The number of imide groups is 1. The lowest BCUT2D eigenvalue weighted by atomic mass is 10.1. The van der Waals surface area contributed by atoms with Crippen LogP contribution in [0, 0.1) is 6.92 Å². The lowest BCUT2D eigenvalue weighted by Crippen LogP contribution is -2.32. The Morgan fingerprint density at radius 3 is 2.39 bits per heavy atom. The van der Waals surface area contributed by atoms with Gasteiger partial charge in [0.15, 0.2) is 0 Å². The van der Waals surface area contributed by atoms with E-state index in [4.69, 9.17) is 16.3 Å². The molecule has 1 aliphatic rings. The van der Waals surface area contributed by atoms with Gasteiger partial charge in [-0.05, 0) is 56.3 Å². The van der Waals surface area contributed by atoms with E-state index in [2.05, 4.69) is 10.6 Å². The van der Waals surface area contributed by atoms with Crippen molar-refractivity contribution >= 4 is 52.4 Å². The maximum atomic E-state index is 13.0. The second-order valence-electron chi connectivity index (χ2n) is 7.90. The summed E-state index contributed by atoms with van der Waals surface area (Å²) < 4.78 is 5.04. The van der Waals surface area contributed by atoms with Gasteiger partial charge in [0.25, 0.3) is 17.7 Å². The topological polar surface area (TPSA) is 105 Å². The van der Waals surface area contributed by atoms with E-state index < -0.39 is 23.7 Å². The summed E-state index contributed by atoms with van der Waals surface area (Å²) in [6.45, 7) is 3.80. The second kappa shape index (κ2) is 10.5. The van der Waals surface area contributed by atoms with Crippen molar-refractivity contribution in [2.45, 2.75) is 13.8 Å². The van der Waals surface area contributed by atoms with Crippen molar-refractivity contribution in [3.63, 3.8) is 0 Å². The van der Waals surface area contributed by atoms with Crippen LogP contribution in [0.4, 0.5) is 17.1 Å². The van der Waals surface area contributed by atoms with Gasteiger partial charge < -0.3 is 15.4 Å². The first-order valence-electron chi connectivity index (χ1n) is 11.1. The van der Waals surface area contributed by atoms with E-state index >= 15 is 0 Å². The Morgan fingerprint density at radius 2 is 1.67 bits per heavy atom. The van der Waals surface area contributed by atoms with Crippen LogP contribution in [0.25, 0.3) is 0 Å². The van der Waals surface area contributed by atoms with Crippen molar-refractivity contribution < 1.29 is 23.9 Å². The number of esters is 1. The summed E-state index contributed by atoms with van der Waals surface area (Å²) in [6, 6.07) is 19.7. The standard InChI is InChI=1S/C27H22ClN3O5/c1-3-36-27(35)20-9-4-5-10-21(20)30-24(32)17-7-6-8-18(15-17)29-23-22(28)25(33)31(26(23)34)19-13-11-16(2)12-14-19/h4-15,29H,3H2,1-2H3,(H,30,32). The molecule has 3 aromatic rings. The van der Waals surface area contributed by atoms with E-state index in [9.17, 15) is 19.2 Å². The quantitative estimate of drug-likeness (QED) is 0.352. The molecule has 0 spiro atoms. The van der Waals surface area contributed by atoms with E-state index in [-0.39, 0.29) is 28.5 Å². The van der Waals surface area contributed by atoms with Crippen molar-refractivity contribution in [1.82, 2.24) is 0 Å². The molecule has 1 heterocycles. The van der Waals surface area contributed by atoms with E-state index in [0.29, 0.717) is 17.1 Å². The van der Waals surface area contributed by atoms with Crippen molar-refractivity contribution in [2.75, 3.05) is 22.1 Å². The molecule has 0 aliphatic carbocycles. The van der Waals surface area contributed by atoms with Gasteiger partial charge in [-0.3, -0.25) is 14.4 Å². The Labute approximate surface area is 212 Å². The summed E-state index contributed by atoms with van der Waals surface area (Å²) >= 11 is 6.21. The van der Waals surface area contributed by atoms with Gasteiger partial charge >= 0.3 is 5.97 Å². The predicted octanol–water partition coefficient (Wildman–Crippen LogP) is 4.86. The number of nitrogens with one attached hydrogen (secondary N) is 2. The molecule has 0 unspecified atom stereocenters. The molecule has 0 saturated heterocycles. The zero-order valence-electron chi connectivity index (χ0n) is 19.5. The number of hydrogen-bond donors (Lipinski definition) is 2. The summed E-state index contributed by atoms with van der Waals surface area (Å²) in [5, 5.41) is 5.33. The fraction of sp³-hybridized carbons (Fsp3) is 0.111. The van der Waals surface area contributed by atoms with Gasteiger partial charge in [-0.15, -0.1) is 0 Å². The third-order valence-electron chi connectivity index (χ3n) is 5.38. The van der Waals surface area contributed by atoms with E-state index in [1.165, 1.54) is 6.07 Å². The number of aryl methyl sites for hydroxylation is 1. The number of hydrogen-bond acceptors (Lipinski definition) is 6. The molecule has 1 aliphatic heterocycles. The number of anilines is 3. The molecule has 4 rings (SSSR count). The molecule has 2 N–H and O–H groups in total. The average Bonchev–Trinajstić information content (AvgIpc) is 3.08. The minimum atomic E-state index is -0.641. The minimum absolute atomic E-state index is 0.0903. The highest BCUT2D eigenvalue weighted by molar-refractivity contribution is 6.53. The molecule has 9 heteroatoms. The first-order valence-corrected chi connectivity index (χ1v) is 11.5. The van der Waals surface area contributed by atoms with Crippen molar-refractivity contribution in [2.24, 2.45) is 0 Å². The van der Waals surface area contributed by atoms with Gasteiger partial charge in [-0.1, -0.05) is 47.5 Å². The van der Waals surface area contributed by atoms with Crippen LogP contribution >= 0.6 is 11.6 Å². The van der Waals surface area contributed by atoms with Gasteiger partial charge in [-0.25, -0.2) is 9.69 Å². The minimum Gasteiger partial charge on any atom is -0.462 e. The van der Waals surface area contributed by atoms with Crippen LogP contribution in [-0.4, -0.2) is 30.3 Å². The zero-order valence-corrected chi connectivity index (χ0v) is 20.3. The Morgan fingerprint density at radius 1 is 0.944 bits per heavy atom. The molecule has 0 saturated carbocycles. The number of rotatable bonds is 7. The summed E-state index contributed by atoms with van der Waals surface area (Å²) in [6.07, 6.45) is 0. The first-order chi connectivity index (χ1) is 17.3. The third kappa shape index (κ3) is 4.99. The Bertz CT molecular complexity index is 1400. The molecule has 0 fully saturated rings. The highest BCUT2D eigenvalue weighted by Gasteiger charge is 2.39.